The minimum absolute atomic E-state index is 0.0150. The molecule has 3 aliphatic rings. The van der Waals surface area contributed by atoms with Gasteiger partial charge in [-0.15, -0.1) is 11.6 Å². The third-order valence-corrected chi connectivity index (χ3v) is 11.3. The number of rotatable bonds is 12. The van der Waals surface area contributed by atoms with Crippen LogP contribution in [0, 0.1) is 17.8 Å². The second kappa shape index (κ2) is 32.7. The van der Waals surface area contributed by atoms with E-state index >= 15 is 0 Å². The molecule has 0 aromatic heterocycles. The van der Waals surface area contributed by atoms with E-state index in [4.69, 9.17) is 46.8 Å². The molecular weight excluding hydrogens is 814 g/mol. The van der Waals surface area contributed by atoms with Crippen molar-refractivity contribution in [3.63, 3.8) is 0 Å². The molecule has 0 bridgehead atoms. The molecule has 0 saturated carbocycles. The van der Waals surface area contributed by atoms with E-state index in [2.05, 4.69) is 4.99 Å². The highest BCUT2D eigenvalue weighted by atomic mass is 35.5. The van der Waals surface area contributed by atoms with Crippen LogP contribution < -0.4 is 11.5 Å². The fourth-order valence-electron chi connectivity index (χ4n) is 6.68. The molecule has 2 aromatic carbocycles. The van der Waals surface area contributed by atoms with Crippen LogP contribution in [0.4, 0.5) is 0 Å². The van der Waals surface area contributed by atoms with Crippen molar-refractivity contribution in [2.75, 3.05) is 38.7 Å². The number of aliphatic hydroxyl groups excluding tert-OH is 4. The van der Waals surface area contributed by atoms with Gasteiger partial charge in [0.1, 0.15) is 24.6 Å². The summed E-state index contributed by atoms with van der Waals surface area (Å²) in [4.78, 5) is 14.2. The van der Waals surface area contributed by atoms with E-state index in [9.17, 15) is 25.2 Å². The Morgan fingerprint density at radius 1 is 0.581 bits per heavy atom. The van der Waals surface area contributed by atoms with Crippen molar-refractivity contribution in [2.24, 2.45) is 34.2 Å². The van der Waals surface area contributed by atoms with Gasteiger partial charge in [0.15, 0.2) is 0 Å². The van der Waals surface area contributed by atoms with Crippen LogP contribution in [-0.2, 0) is 28.5 Å². The second-order valence-corrected chi connectivity index (χ2v) is 16.2. The molecule has 0 amide bonds. The van der Waals surface area contributed by atoms with Crippen molar-refractivity contribution in [2.45, 2.75) is 136 Å². The number of benzene rings is 2. The minimum Gasteiger partial charge on any atom is -0.390 e. The lowest BCUT2D eigenvalue weighted by molar-refractivity contribution is -0.201. The van der Waals surface area contributed by atoms with Crippen molar-refractivity contribution in [3.8, 4) is 0 Å². The van der Waals surface area contributed by atoms with E-state index in [0.717, 1.165) is 17.4 Å². The highest BCUT2D eigenvalue weighted by Crippen LogP contribution is 2.29. The van der Waals surface area contributed by atoms with Crippen LogP contribution in [0.2, 0.25) is 0 Å². The molecule has 3 heterocycles. The van der Waals surface area contributed by atoms with E-state index in [1.165, 1.54) is 6.08 Å². The molecule has 5 rings (SSSR count). The zero-order chi connectivity index (χ0) is 46.6. The maximum Gasteiger partial charge on any atom is 0.142 e. The molecule has 3 aliphatic heterocycles. The zero-order valence-corrected chi connectivity index (χ0v) is 39.1. The summed E-state index contributed by atoms with van der Waals surface area (Å²) in [7, 11) is 0. The van der Waals surface area contributed by atoms with Gasteiger partial charge < -0.3 is 55.6 Å². The van der Waals surface area contributed by atoms with Crippen molar-refractivity contribution < 1.29 is 48.9 Å². The lowest BCUT2D eigenvalue weighted by Crippen LogP contribution is -2.53. The third-order valence-electron chi connectivity index (χ3n) is 11.1. The van der Waals surface area contributed by atoms with Gasteiger partial charge in [0.05, 0.1) is 74.7 Å². The number of aliphatic imine (C=N–C) groups is 1. The van der Waals surface area contributed by atoms with Gasteiger partial charge in [-0.25, -0.2) is 0 Å². The quantitative estimate of drug-likeness (QED) is 0.0526. The Morgan fingerprint density at radius 3 is 1.40 bits per heavy atom. The highest BCUT2D eigenvalue weighted by molar-refractivity contribution is 6.18. The number of alkyl halides is 1. The summed E-state index contributed by atoms with van der Waals surface area (Å²) in [6, 6.07) is 19.8. The predicted molar refractivity (Wildman–Crippen MR) is 250 cm³/mol. The number of ether oxygens (including phenoxy) is 5. The number of aliphatic hydroxyl groups is 4. The Kier molecular flexibility index (Phi) is 30.1. The fraction of sp³-hybridized carbons (Fsp3) is 0.625. The van der Waals surface area contributed by atoms with Crippen LogP contribution in [0.1, 0.15) is 73.4 Å². The van der Waals surface area contributed by atoms with Crippen LogP contribution in [0.25, 0.3) is 12.2 Å². The first-order chi connectivity index (χ1) is 29.5. The van der Waals surface area contributed by atoms with Crippen LogP contribution in [0.5, 0.6) is 0 Å². The number of hydrogen-bond acceptors (Lipinski definition) is 13. The van der Waals surface area contributed by atoms with E-state index in [0.29, 0.717) is 38.7 Å². The van der Waals surface area contributed by atoms with Crippen molar-refractivity contribution >= 4 is 36.3 Å². The average molecular weight is 893 g/mol. The Labute approximate surface area is 376 Å². The van der Waals surface area contributed by atoms with Crippen molar-refractivity contribution in [1.29, 1.82) is 0 Å². The van der Waals surface area contributed by atoms with E-state index in [-0.39, 0.29) is 66.6 Å². The van der Waals surface area contributed by atoms with Crippen LogP contribution in [-0.4, -0.2) is 145 Å². The molecule has 352 valence electrons. The maximum atomic E-state index is 10.3. The molecule has 62 heavy (non-hydrogen) atoms. The summed E-state index contributed by atoms with van der Waals surface area (Å²) in [5.41, 5.74) is 12.4. The van der Waals surface area contributed by atoms with Gasteiger partial charge in [0.25, 0.3) is 0 Å². The van der Waals surface area contributed by atoms with E-state index < -0.39 is 24.4 Å². The molecule has 3 fully saturated rings. The molecule has 0 spiro atoms. The number of nitrogens with two attached hydrogens (primary N) is 2. The van der Waals surface area contributed by atoms with Gasteiger partial charge in [-0.3, -0.25) is 9.79 Å². The number of nitrogens with zero attached hydrogens (tertiary/aromatic N) is 1. The summed E-state index contributed by atoms with van der Waals surface area (Å²) in [6.45, 7) is 19.9. The molecule has 6 unspecified atom stereocenters. The first-order valence-electron chi connectivity index (χ1n) is 21.8. The van der Waals surface area contributed by atoms with Gasteiger partial charge in [-0.2, -0.15) is 0 Å². The number of aldehydes is 1. The second-order valence-electron chi connectivity index (χ2n) is 15.8. The van der Waals surface area contributed by atoms with Crippen molar-refractivity contribution in [3.05, 3.63) is 83.9 Å². The topological polar surface area (TPSA) is 209 Å². The number of allylic oxidation sites excluding steroid dienone is 2. The SMILES string of the molecule is CC1OC(C)[C@@H](O)[C@@H](O)[C@@H]1C.CC1OC(C)[C@@H](OCCN)[C@@H](O)[C@@H]1C.CC1OC(C)[C@@H](OCCN=C/C=C/c2ccccc2)[C@@H](O)[C@@H]1C.NCCCl.O=C/C=C/c1ccccc1. The fourth-order valence-corrected chi connectivity index (χ4v) is 6.68. The molecular formula is C48H78ClN3O10. The number of halogens is 1. The summed E-state index contributed by atoms with van der Waals surface area (Å²) < 4.78 is 28.1. The standard InChI is InChI=1S/C19H27NO3.C10H21NO3.C9H8O.C8H16O3.C2H6ClN/c1-14-15(2)23-16(3)19(18(14)21)22-13-12-20-11-7-10-17-8-5-4-6-9-17;1-6-7(2)14-8(3)10(9(6)12)13-5-4-11;10-8-4-7-9-5-2-1-3-6-9;1-4-5(2)11-6(3)8(10)7(4)9;3-1-2-4/h4-11,14-16,18-19,21H,12-13H2,1-3H3;6-10,12H,4-5,11H2,1-3H3;1-8H;4-10H,1-3H3;1-2,4H2/b10-7+,20-11?;;7-4+;;/t14-,15?,16?,18+,19-;6-,7?,8?,9+,10-;;4-,5?,6?,7+,8-;/m11.1./s1. The molecule has 3 saturated heterocycles. The third kappa shape index (κ3) is 21.2. The Hall–Kier alpha value is -2.89. The average Bonchev–Trinajstić information content (AvgIpc) is 3.27. The molecule has 8 N–H and O–H groups in total. The zero-order valence-electron chi connectivity index (χ0n) is 38.4. The summed E-state index contributed by atoms with van der Waals surface area (Å²) in [6.07, 6.45) is 6.62. The molecule has 13 nitrogen and oxygen atoms in total. The monoisotopic (exact) mass is 892 g/mol. The number of hydrogen-bond donors (Lipinski definition) is 6. The van der Waals surface area contributed by atoms with Gasteiger partial charge in [0.2, 0.25) is 0 Å². The molecule has 0 radical (unpaired) electrons. The predicted octanol–water partition coefficient (Wildman–Crippen LogP) is 5.33. The van der Waals surface area contributed by atoms with Crippen molar-refractivity contribution in [1.82, 2.24) is 0 Å². The van der Waals surface area contributed by atoms with Crippen LogP contribution in [0.15, 0.2) is 77.8 Å². The van der Waals surface area contributed by atoms with Gasteiger partial charge in [-0.05, 0) is 64.8 Å². The number of carbonyl (C=O) groups excluding carboxylic acids is 1. The Morgan fingerprint density at radius 2 is 0.984 bits per heavy atom. The minimum atomic E-state index is -0.735. The Balaban J connectivity index is 0.000000424. The Bertz CT molecular complexity index is 1490. The maximum absolute atomic E-state index is 10.3. The summed E-state index contributed by atoms with van der Waals surface area (Å²) >= 11 is 5.06. The molecule has 2 aromatic rings. The lowest BCUT2D eigenvalue weighted by Gasteiger charge is -2.41. The molecule has 14 heteroatoms. The largest absolute Gasteiger partial charge is 0.390 e. The van der Waals surface area contributed by atoms with Crippen LogP contribution in [0.3, 0.4) is 0 Å². The summed E-state index contributed by atoms with van der Waals surface area (Å²) in [5.74, 6) is 0.767. The highest BCUT2D eigenvalue weighted by Gasteiger charge is 2.41. The van der Waals surface area contributed by atoms with E-state index in [1.807, 2.05) is 128 Å². The summed E-state index contributed by atoms with van der Waals surface area (Å²) in [5, 5.41) is 39.1. The first-order valence-corrected chi connectivity index (χ1v) is 22.4. The first kappa shape index (κ1) is 57.1. The molecule has 0 aliphatic carbocycles. The smallest absolute Gasteiger partial charge is 0.142 e. The number of carbonyl (C=O) groups is 1. The normalized spacial score (nSPS) is 33.2. The van der Waals surface area contributed by atoms with Crippen LogP contribution >= 0.6 is 11.6 Å². The van der Waals surface area contributed by atoms with Gasteiger partial charge >= 0.3 is 0 Å². The molecule has 15 atom stereocenters. The van der Waals surface area contributed by atoms with Gasteiger partial charge in [0, 0.05) is 42.9 Å². The lowest BCUT2D eigenvalue weighted by atomic mass is 9.89. The van der Waals surface area contributed by atoms with Gasteiger partial charge in [-0.1, -0.05) is 93.6 Å². The van der Waals surface area contributed by atoms with E-state index in [1.54, 1.807) is 19.2 Å².